The van der Waals surface area contributed by atoms with Crippen LogP contribution in [0.15, 0.2) is 18.2 Å². The van der Waals surface area contributed by atoms with E-state index < -0.39 is 22.6 Å². The van der Waals surface area contributed by atoms with Crippen LogP contribution in [0.25, 0.3) is 0 Å². The molecular formula is C12H15FO3S. The molecule has 0 fully saturated rings. The molecule has 1 unspecified atom stereocenters. The molecule has 1 aromatic rings. The standard InChI is InChI=1S/C12H15FO3S/c1-8(2)6-17(16)7-10-5-9(12(14)15)3-4-11(10)13/h3-5,8H,6-7H2,1-2H3,(H,14,15). The van der Waals surface area contributed by atoms with Crippen molar-refractivity contribution in [3.05, 3.63) is 35.1 Å². The minimum Gasteiger partial charge on any atom is -0.478 e. The number of halogens is 1. The molecule has 0 radical (unpaired) electrons. The van der Waals surface area contributed by atoms with Crippen LogP contribution < -0.4 is 0 Å². The average Bonchev–Trinajstić information content (AvgIpc) is 2.19. The van der Waals surface area contributed by atoms with Gasteiger partial charge in [-0.05, 0) is 24.1 Å². The van der Waals surface area contributed by atoms with Crippen LogP contribution in [0.5, 0.6) is 0 Å². The summed E-state index contributed by atoms with van der Waals surface area (Å²) >= 11 is 0. The Labute approximate surface area is 102 Å². The van der Waals surface area contributed by atoms with Crippen molar-refractivity contribution in [2.45, 2.75) is 19.6 Å². The first-order valence-electron chi connectivity index (χ1n) is 5.27. The van der Waals surface area contributed by atoms with E-state index in [4.69, 9.17) is 5.11 Å². The zero-order chi connectivity index (χ0) is 13.0. The third-order valence-electron chi connectivity index (χ3n) is 2.13. The predicted octanol–water partition coefficient (Wildman–Crippen LogP) is 2.43. The molecule has 0 aromatic heterocycles. The first kappa shape index (κ1) is 13.8. The molecule has 1 rings (SSSR count). The van der Waals surface area contributed by atoms with E-state index in [-0.39, 0.29) is 22.8 Å². The molecule has 0 saturated carbocycles. The summed E-state index contributed by atoms with van der Waals surface area (Å²) in [7, 11) is -1.17. The maximum absolute atomic E-state index is 13.4. The molecule has 1 aromatic carbocycles. The van der Waals surface area contributed by atoms with Gasteiger partial charge in [-0.15, -0.1) is 0 Å². The van der Waals surface area contributed by atoms with E-state index in [1.807, 2.05) is 13.8 Å². The quantitative estimate of drug-likeness (QED) is 0.882. The molecule has 0 aliphatic heterocycles. The highest BCUT2D eigenvalue weighted by atomic mass is 32.2. The third-order valence-corrected chi connectivity index (χ3v) is 3.80. The molecule has 17 heavy (non-hydrogen) atoms. The Hall–Kier alpha value is -1.23. The second-order valence-electron chi connectivity index (χ2n) is 4.26. The van der Waals surface area contributed by atoms with E-state index in [0.717, 1.165) is 6.07 Å². The maximum atomic E-state index is 13.4. The molecule has 0 saturated heterocycles. The summed E-state index contributed by atoms with van der Waals surface area (Å²) in [5, 5.41) is 8.78. The molecule has 0 aliphatic carbocycles. The van der Waals surface area contributed by atoms with Gasteiger partial charge in [-0.3, -0.25) is 4.21 Å². The Kier molecular flexibility index (Phi) is 4.81. The van der Waals surface area contributed by atoms with Crippen LogP contribution in [0.3, 0.4) is 0 Å². The minimum absolute atomic E-state index is 0.0166. The monoisotopic (exact) mass is 258 g/mol. The molecule has 0 heterocycles. The number of benzene rings is 1. The molecular weight excluding hydrogens is 243 g/mol. The summed E-state index contributed by atoms with van der Waals surface area (Å²) in [6.45, 7) is 3.86. The minimum atomic E-state index is -1.17. The summed E-state index contributed by atoms with van der Waals surface area (Å²) in [5.74, 6) is -0.809. The van der Waals surface area contributed by atoms with Gasteiger partial charge in [-0.1, -0.05) is 13.8 Å². The average molecular weight is 258 g/mol. The van der Waals surface area contributed by atoms with Gasteiger partial charge in [0.25, 0.3) is 0 Å². The smallest absolute Gasteiger partial charge is 0.335 e. The normalized spacial score (nSPS) is 12.7. The van der Waals surface area contributed by atoms with Gasteiger partial charge in [0.05, 0.1) is 11.3 Å². The molecule has 0 bridgehead atoms. The topological polar surface area (TPSA) is 54.4 Å². The first-order valence-corrected chi connectivity index (χ1v) is 6.75. The van der Waals surface area contributed by atoms with Gasteiger partial charge in [0.15, 0.2) is 0 Å². The van der Waals surface area contributed by atoms with Crippen molar-refractivity contribution >= 4 is 16.8 Å². The molecule has 0 amide bonds. The van der Waals surface area contributed by atoms with E-state index in [2.05, 4.69) is 0 Å². The van der Waals surface area contributed by atoms with Gasteiger partial charge in [0.1, 0.15) is 5.82 Å². The Balaban J connectivity index is 2.86. The van der Waals surface area contributed by atoms with Crippen molar-refractivity contribution in [2.75, 3.05) is 5.75 Å². The second kappa shape index (κ2) is 5.91. The van der Waals surface area contributed by atoms with Gasteiger partial charge in [-0.25, -0.2) is 9.18 Å². The number of aromatic carboxylic acids is 1. The number of carbonyl (C=O) groups is 1. The van der Waals surface area contributed by atoms with Crippen LogP contribution in [0.2, 0.25) is 0 Å². The molecule has 1 N–H and O–H groups in total. The highest BCUT2D eigenvalue weighted by Gasteiger charge is 2.12. The first-order chi connectivity index (χ1) is 7.90. The number of carboxylic acid groups (broad SMARTS) is 1. The van der Waals surface area contributed by atoms with E-state index in [1.54, 1.807) is 0 Å². The number of hydrogen-bond acceptors (Lipinski definition) is 2. The highest BCUT2D eigenvalue weighted by Crippen LogP contribution is 2.14. The Morgan fingerprint density at radius 2 is 2.12 bits per heavy atom. The van der Waals surface area contributed by atoms with Crippen molar-refractivity contribution in [1.82, 2.24) is 0 Å². The van der Waals surface area contributed by atoms with Gasteiger partial charge >= 0.3 is 5.97 Å². The fraction of sp³-hybridized carbons (Fsp3) is 0.417. The summed E-state index contributed by atoms with van der Waals surface area (Å²) in [5.41, 5.74) is 0.215. The molecule has 5 heteroatoms. The third kappa shape index (κ3) is 4.26. The van der Waals surface area contributed by atoms with Gasteiger partial charge in [0, 0.05) is 22.1 Å². The Morgan fingerprint density at radius 3 is 2.65 bits per heavy atom. The van der Waals surface area contributed by atoms with E-state index in [1.165, 1.54) is 12.1 Å². The number of carboxylic acids is 1. The Bertz CT molecular complexity index is 443. The summed E-state index contributed by atoms with van der Waals surface area (Å²) in [6.07, 6.45) is 0. The number of hydrogen-bond donors (Lipinski definition) is 1. The van der Waals surface area contributed by atoms with Crippen molar-refractivity contribution in [2.24, 2.45) is 5.92 Å². The van der Waals surface area contributed by atoms with Crippen LogP contribution in [0.4, 0.5) is 4.39 Å². The summed E-state index contributed by atoms with van der Waals surface area (Å²) < 4.78 is 25.1. The van der Waals surface area contributed by atoms with Crippen LogP contribution in [0, 0.1) is 11.7 Å². The molecule has 94 valence electrons. The van der Waals surface area contributed by atoms with Crippen molar-refractivity contribution in [3.63, 3.8) is 0 Å². The zero-order valence-corrected chi connectivity index (χ0v) is 10.6. The zero-order valence-electron chi connectivity index (χ0n) is 9.77. The molecule has 1 atom stereocenters. The van der Waals surface area contributed by atoms with E-state index >= 15 is 0 Å². The lowest BCUT2D eigenvalue weighted by molar-refractivity contribution is 0.0696. The molecule has 0 aliphatic rings. The molecule has 3 nitrogen and oxygen atoms in total. The predicted molar refractivity (Wildman–Crippen MR) is 64.9 cm³/mol. The summed E-state index contributed by atoms with van der Waals surface area (Å²) in [6, 6.07) is 3.55. The highest BCUT2D eigenvalue weighted by molar-refractivity contribution is 7.84. The second-order valence-corrected chi connectivity index (χ2v) is 5.76. The molecule has 0 spiro atoms. The van der Waals surface area contributed by atoms with Crippen LogP contribution >= 0.6 is 0 Å². The number of rotatable bonds is 5. The SMILES string of the molecule is CC(C)CS(=O)Cc1cc(C(=O)O)ccc1F. The van der Waals surface area contributed by atoms with E-state index in [0.29, 0.717) is 5.75 Å². The fourth-order valence-corrected chi connectivity index (χ4v) is 2.85. The summed E-state index contributed by atoms with van der Waals surface area (Å²) in [4.78, 5) is 10.7. The van der Waals surface area contributed by atoms with Crippen LogP contribution in [-0.2, 0) is 16.6 Å². The van der Waals surface area contributed by atoms with Gasteiger partial charge in [0.2, 0.25) is 0 Å². The van der Waals surface area contributed by atoms with E-state index in [9.17, 15) is 13.4 Å². The van der Waals surface area contributed by atoms with Crippen molar-refractivity contribution < 1.29 is 18.5 Å². The van der Waals surface area contributed by atoms with Gasteiger partial charge in [-0.2, -0.15) is 0 Å². The maximum Gasteiger partial charge on any atom is 0.335 e. The van der Waals surface area contributed by atoms with Crippen molar-refractivity contribution in [3.8, 4) is 0 Å². The van der Waals surface area contributed by atoms with Gasteiger partial charge < -0.3 is 5.11 Å². The van der Waals surface area contributed by atoms with Crippen LogP contribution in [-0.4, -0.2) is 21.0 Å². The lowest BCUT2D eigenvalue weighted by atomic mass is 10.1. The lowest BCUT2D eigenvalue weighted by Crippen LogP contribution is -2.08. The van der Waals surface area contributed by atoms with Crippen LogP contribution in [0.1, 0.15) is 29.8 Å². The fourth-order valence-electron chi connectivity index (χ4n) is 1.42. The Morgan fingerprint density at radius 1 is 1.47 bits per heavy atom. The van der Waals surface area contributed by atoms with Crippen molar-refractivity contribution in [1.29, 1.82) is 0 Å². The lowest BCUT2D eigenvalue weighted by Gasteiger charge is -2.07. The largest absolute Gasteiger partial charge is 0.478 e.